The average molecular weight is 465 g/mol. The van der Waals surface area contributed by atoms with Gasteiger partial charge in [0.1, 0.15) is 5.75 Å². The Labute approximate surface area is 196 Å². The number of hydrogen-bond donors (Lipinski definition) is 4. The number of hydrogen-bond acceptors (Lipinski definition) is 5. The van der Waals surface area contributed by atoms with Crippen molar-refractivity contribution in [2.24, 2.45) is 0 Å². The first-order valence-electron chi connectivity index (χ1n) is 10.3. The Morgan fingerprint density at radius 3 is 2.24 bits per heavy atom. The van der Waals surface area contributed by atoms with Gasteiger partial charge >= 0.3 is 0 Å². The molecule has 8 nitrogen and oxygen atoms in total. The smallest absolute Gasteiger partial charge is 0.264 e. The average Bonchev–Trinajstić information content (AvgIpc) is 2.84. The van der Waals surface area contributed by atoms with Crippen LogP contribution in [0.1, 0.15) is 18.4 Å². The van der Waals surface area contributed by atoms with Gasteiger partial charge in [0.05, 0.1) is 0 Å². The van der Waals surface area contributed by atoms with Gasteiger partial charge in [-0.25, -0.2) is 0 Å². The molecule has 3 amide bonds. The molecule has 4 N–H and O–H groups in total. The van der Waals surface area contributed by atoms with E-state index in [0.29, 0.717) is 12.3 Å². The molecule has 3 aromatic rings. The first-order chi connectivity index (χ1) is 16.0. The predicted octanol–water partition coefficient (Wildman–Crippen LogP) is 2.34. The highest BCUT2D eigenvalue weighted by Gasteiger charge is 2.09. The van der Waals surface area contributed by atoms with Crippen LogP contribution >= 0.6 is 12.2 Å². The number of fused-ring (bicyclic) bond motifs is 1. The maximum atomic E-state index is 12.0. The van der Waals surface area contributed by atoms with Gasteiger partial charge in [0.25, 0.3) is 5.91 Å². The fraction of sp³-hybridized carbons (Fsp3) is 0.167. The lowest BCUT2D eigenvalue weighted by atomic mass is 10.1. The van der Waals surface area contributed by atoms with E-state index in [0.717, 1.165) is 16.3 Å². The Hall–Kier alpha value is -3.98. The molecular formula is C24H24N4O4S. The molecule has 170 valence electrons. The van der Waals surface area contributed by atoms with Gasteiger partial charge in [-0.15, -0.1) is 0 Å². The van der Waals surface area contributed by atoms with E-state index in [1.807, 2.05) is 66.7 Å². The van der Waals surface area contributed by atoms with E-state index in [-0.39, 0.29) is 30.5 Å². The molecule has 0 heterocycles. The van der Waals surface area contributed by atoms with Crippen LogP contribution in [-0.2, 0) is 20.9 Å². The van der Waals surface area contributed by atoms with Crippen molar-refractivity contribution < 1.29 is 19.1 Å². The molecule has 0 saturated heterocycles. The molecule has 0 aliphatic carbocycles. The van der Waals surface area contributed by atoms with Crippen LogP contribution in [0.25, 0.3) is 10.8 Å². The van der Waals surface area contributed by atoms with Gasteiger partial charge in [0.15, 0.2) is 11.7 Å². The van der Waals surface area contributed by atoms with Crippen LogP contribution in [0.2, 0.25) is 0 Å². The van der Waals surface area contributed by atoms with Crippen LogP contribution in [-0.4, -0.2) is 29.4 Å². The Bertz CT molecular complexity index is 1140. The Kier molecular flexibility index (Phi) is 8.72. The molecule has 0 aromatic heterocycles. The quantitative estimate of drug-likeness (QED) is 0.301. The second kappa shape index (κ2) is 12.2. The van der Waals surface area contributed by atoms with Gasteiger partial charge in [-0.3, -0.25) is 30.6 Å². The van der Waals surface area contributed by atoms with Crippen molar-refractivity contribution in [3.8, 4) is 5.75 Å². The predicted molar refractivity (Wildman–Crippen MR) is 129 cm³/mol. The van der Waals surface area contributed by atoms with E-state index < -0.39 is 11.8 Å². The van der Waals surface area contributed by atoms with Crippen molar-refractivity contribution in [1.29, 1.82) is 0 Å². The lowest BCUT2D eigenvalue weighted by molar-refractivity contribution is -0.126. The minimum absolute atomic E-state index is 0.0269. The summed E-state index contributed by atoms with van der Waals surface area (Å²) in [4.78, 5) is 35.7. The van der Waals surface area contributed by atoms with Gasteiger partial charge in [0, 0.05) is 19.4 Å². The zero-order chi connectivity index (χ0) is 23.5. The highest BCUT2D eigenvalue weighted by atomic mass is 32.1. The summed E-state index contributed by atoms with van der Waals surface area (Å²) < 4.78 is 5.49. The summed E-state index contributed by atoms with van der Waals surface area (Å²) in [6, 6.07) is 22.8. The SMILES string of the molecule is O=C(CCC(=O)NNC(=S)NC(=O)COc1ccc2ccccc2c1)NCc1ccccc1. The van der Waals surface area contributed by atoms with Gasteiger partial charge in [0.2, 0.25) is 11.8 Å². The summed E-state index contributed by atoms with van der Waals surface area (Å²) >= 11 is 4.98. The minimum atomic E-state index is -0.477. The van der Waals surface area contributed by atoms with E-state index >= 15 is 0 Å². The van der Waals surface area contributed by atoms with E-state index in [1.54, 1.807) is 6.07 Å². The van der Waals surface area contributed by atoms with Crippen LogP contribution in [0, 0.1) is 0 Å². The van der Waals surface area contributed by atoms with Gasteiger partial charge in [-0.05, 0) is 40.7 Å². The Balaban J connectivity index is 1.29. The number of amides is 3. The van der Waals surface area contributed by atoms with E-state index in [4.69, 9.17) is 17.0 Å². The minimum Gasteiger partial charge on any atom is -0.484 e. The molecule has 0 unspecified atom stereocenters. The van der Waals surface area contributed by atoms with Crippen molar-refractivity contribution >= 4 is 45.8 Å². The summed E-state index contributed by atoms with van der Waals surface area (Å²) in [7, 11) is 0. The van der Waals surface area contributed by atoms with Crippen molar-refractivity contribution in [2.45, 2.75) is 19.4 Å². The largest absolute Gasteiger partial charge is 0.484 e. The molecule has 0 atom stereocenters. The highest BCUT2D eigenvalue weighted by Crippen LogP contribution is 2.20. The molecule has 0 radical (unpaired) electrons. The number of carbonyl (C=O) groups excluding carboxylic acids is 3. The summed E-state index contributed by atoms with van der Waals surface area (Å²) in [5, 5.41) is 7.15. The third-order valence-corrected chi connectivity index (χ3v) is 4.78. The number of carbonyl (C=O) groups is 3. The molecule has 33 heavy (non-hydrogen) atoms. The van der Waals surface area contributed by atoms with Gasteiger partial charge < -0.3 is 10.1 Å². The third-order valence-electron chi connectivity index (χ3n) is 4.57. The summed E-state index contributed by atoms with van der Waals surface area (Å²) in [5.41, 5.74) is 5.75. The molecule has 0 bridgehead atoms. The number of nitrogens with one attached hydrogen (secondary N) is 4. The summed E-state index contributed by atoms with van der Waals surface area (Å²) in [6.07, 6.45) is -0.00563. The molecular weight excluding hydrogens is 440 g/mol. The molecule has 0 aliphatic rings. The lowest BCUT2D eigenvalue weighted by Gasteiger charge is -2.11. The van der Waals surface area contributed by atoms with Crippen LogP contribution in [0.3, 0.4) is 0 Å². The second-order valence-electron chi connectivity index (χ2n) is 7.11. The van der Waals surface area contributed by atoms with E-state index in [2.05, 4.69) is 21.5 Å². The fourth-order valence-electron chi connectivity index (χ4n) is 2.90. The molecule has 0 aliphatic heterocycles. The van der Waals surface area contributed by atoms with Crippen molar-refractivity contribution in [3.05, 3.63) is 78.4 Å². The second-order valence-corrected chi connectivity index (χ2v) is 7.52. The van der Waals surface area contributed by atoms with Gasteiger partial charge in [-0.2, -0.15) is 0 Å². The topological polar surface area (TPSA) is 109 Å². The Morgan fingerprint density at radius 2 is 1.45 bits per heavy atom. The molecule has 0 saturated carbocycles. The highest BCUT2D eigenvalue weighted by molar-refractivity contribution is 7.80. The first kappa shape index (κ1) is 23.7. The van der Waals surface area contributed by atoms with Crippen molar-refractivity contribution in [1.82, 2.24) is 21.5 Å². The molecule has 3 aromatic carbocycles. The molecule has 0 spiro atoms. The monoisotopic (exact) mass is 464 g/mol. The normalized spacial score (nSPS) is 10.2. The van der Waals surface area contributed by atoms with Gasteiger partial charge in [-0.1, -0.05) is 60.7 Å². The van der Waals surface area contributed by atoms with Crippen molar-refractivity contribution in [2.75, 3.05) is 6.61 Å². The maximum Gasteiger partial charge on any atom is 0.264 e. The zero-order valence-corrected chi connectivity index (χ0v) is 18.6. The summed E-state index contributed by atoms with van der Waals surface area (Å²) in [6.45, 7) is 0.159. The van der Waals surface area contributed by atoms with E-state index in [1.165, 1.54) is 0 Å². The number of benzene rings is 3. The fourth-order valence-corrected chi connectivity index (χ4v) is 3.07. The van der Waals surface area contributed by atoms with Crippen LogP contribution in [0.4, 0.5) is 0 Å². The standard InChI is InChI=1S/C24H24N4O4S/c29-21(25-15-17-6-2-1-3-7-17)12-13-22(30)27-28-24(33)26-23(31)16-32-20-11-10-18-8-4-5-9-19(18)14-20/h1-11,14H,12-13,15-16H2,(H,25,29)(H,27,30)(H2,26,28,31,33). The first-order valence-corrected chi connectivity index (χ1v) is 10.7. The number of thiocarbonyl (C=S) groups is 1. The van der Waals surface area contributed by atoms with Crippen LogP contribution < -0.4 is 26.2 Å². The Morgan fingerprint density at radius 1 is 0.758 bits per heavy atom. The number of rotatable bonds is 8. The van der Waals surface area contributed by atoms with Crippen molar-refractivity contribution in [3.63, 3.8) is 0 Å². The number of hydrazine groups is 1. The summed E-state index contributed by atoms with van der Waals surface area (Å²) in [5.74, 6) is -0.596. The molecule has 9 heteroatoms. The van der Waals surface area contributed by atoms with E-state index in [9.17, 15) is 14.4 Å². The van der Waals surface area contributed by atoms with Crippen LogP contribution in [0.5, 0.6) is 5.75 Å². The molecule has 3 rings (SSSR count). The lowest BCUT2D eigenvalue weighted by Crippen LogP contribution is -2.49. The maximum absolute atomic E-state index is 12.0. The number of ether oxygens (including phenoxy) is 1. The molecule has 0 fully saturated rings. The van der Waals surface area contributed by atoms with Crippen LogP contribution in [0.15, 0.2) is 72.8 Å². The zero-order valence-electron chi connectivity index (χ0n) is 17.8. The third kappa shape index (κ3) is 8.23.